The van der Waals surface area contributed by atoms with E-state index < -0.39 is 34.3 Å². The van der Waals surface area contributed by atoms with E-state index in [1.165, 1.54) is 25.2 Å². The molecule has 2 heterocycles. The number of esters is 2. The van der Waals surface area contributed by atoms with Crippen molar-refractivity contribution in [1.29, 1.82) is 0 Å². The van der Waals surface area contributed by atoms with Crippen LogP contribution in [-0.2, 0) is 35.6 Å². The van der Waals surface area contributed by atoms with Crippen molar-refractivity contribution in [3.63, 3.8) is 0 Å². The molecule has 0 unspecified atom stereocenters. The summed E-state index contributed by atoms with van der Waals surface area (Å²) in [4.78, 5) is 56.1. The highest BCUT2D eigenvalue weighted by molar-refractivity contribution is 7.89. The van der Waals surface area contributed by atoms with Gasteiger partial charge >= 0.3 is 18.0 Å². The van der Waals surface area contributed by atoms with Crippen molar-refractivity contribution in [3.8, 4) is 5.69 Å². The molecular formula is C30H37N5O9S. The van der Waals surface area contributed by atoms with Crippen molar-refractivity contribution in [2.45, 2.75) is 45.1 Å². The number of sulfonamides is 1. The fraction of sp³-hybridized carbons (Fsp3) is 0.433. The Bertz CT molecular complexity index is 1770. The standard InChI is InChI=1S/C30H37N5O9S/c1-5-42-29(38)25-18(2)16-21-26(19(25)3)27(36)35(22-8-6-7-9-23(22)45(40,41)31-4)24(34-21)17-44-30(39)33-14-15-43-28(37)20-10-12-32-13-11-20/h6-9,16,20,31-32H,5,10-15,17H2,1-4H3,(H,33,39). The van der Waals surface area contributed by atoms with Crippen LogP contribution in [0.1, 0.15) is 47.1 Å². The fourth-order valence-corrected chi connectivity index (χ4v) is 6.15. The minimum atomic E-state index is -4.05. The Labute approximate surface area is 260 Å². The van der Waals surface area contributed by atoms with Crippen LogP contribution in [0.5, 0.6) is 0 Å². The SMILES string of the molecule is CCOC(=O)c1c(C)cc2nc(COC(=O)NCCOC(=O)C3CCNCC3)n(-c3ccccc3S(=O)(=O)NC)c(=O)c2c1C. The van der Waals surface area contributed by atoms with Gasteiger partial charge in [0.1, 0.15) is 11.5 Å². The number of carbonyl (C=O) groups is 3. The molecular weight excluding hydrogens is 606 g/mol. The second-order valence-corrected chi connectivity index (χ2v) is 12.2. The zero-order chi connectivity index (χ0) is 32.7. The van der Waals surface area contributed by atoms with Gasteiger partial charge in [-0.15, -0.1) is 0 Å². The quantitative estimate of drug-likeness (QED) is 0.157. The van der Waals surface area contributed by atoms with Crippen LogP contribution in [-0.4, -0.2) is 75.9 Å². The second-order valence-electron chi connectivity index (χ2n) is 10.3. The Hall–Kier alpha value is -4.34. The summed E-state index contributed by atoms with van der Waals surface area (Å²) < 4.78 is 45.0. The predicted molar refractivity (Wildman–Crippen MR) is 164 cm³/mol. The number of benzene rings is 2. The molecule has 0 saturated carbocycles. The number of hydrogen-bond donors (Lipinski definition) is 3. The average molecular weight is 644 g/mol. The van der Waals surface area contributed by atoms with E-state index in [2.05, 4.69) is 20.3 Å². The third-order valence-electron chi connectivity index (χ3n) is 7.44. The van der Waals surface area contributed by atoms with E-state index in [0.29, 0.717) is 24.0 Å². The first kappa shape index (κ1) is 33.6. The zero-order valence-electron chi connectivity index (χ0n) is 25.6. The van der Waals surface area contributed by atoms with Crippen molar-refractivity contribution >= 4 is 39.0 Å². The van der Waals surface area contributed by atoms with Gasteiger partial charge in [-0.25, -0.2) is 27.7 Å². The lowest BCUT2D eigenvalue weighted by atomic mass is 9.98. The normalized spacial score (nSPS) is 13.8. The summed E-state index contributed by atoms with van der Waals surface area (Å²) in [5, 5.41) is 5.74. The number of rotatable bonds is 11. The number of alkyl carbamates (subject to hydrolysis) is 1. The molecule has 0 bridgehead atoms. The third-order valence-corrected chi connectivity index (χ3v) is 8.90. The molecule has 0 spiro atoms. The molecule has 0 radical (unpaired) electrons. The molecule has 4 rings (SSSR count). The van der Waals surface area contributed by atoms with Gasteiger partial charge in [-0.05, 0) is 83.1 Å². The molecule has 1 saturated heterocycles. The fourth-order valence-electron chi connectivity index (χ4n) is 5.24. The smallest absolute Gasteiger partial charge is 0.407 e. The van der Waals surface area contributed by atoms with E-state index in [1.54, 1.807) is 32.9 Å². The number of piperidine rings is 1. The summed E-state index contributed by atoms with van der Waals surface area (Å²) in [6.07, 6.45) is 0.517. The van der Waals surface area contributed by atoms with E-state index >= 15 is 0 Å². The summed E-state index contributed by atoms with van der Waals surface area (Å²) in [7, 11) is -2.81. The Morgan fingerprint density at radius 2 is 1.80 bits per heavy atom. The highest BCUT2D eigenvalue weighted by Crippen LogP contribution is 2.26. The van der Waals surface area contributed by atoms with Crippen molar-refractivity contribution in [3.05, 3.63) is 63.2 Å². The molecule has 1 aliphatic rings. The summed E-state index contributed by atoms with van der Waals surface area (Å²) in [6, 6.07) is 7.36. The molecule has 45 heavy (non-hydrogen) atoms. The Morgan fingerprint density at radius 3 is 2.49 bits per heavy atom. The topological polar surface area (TPSA) is 184 Å². The molecule has 1 aliphatic heterocycles. The number of aryl methyl sites for hydroxylation is 2. The van der Waals surface area contributed by atoms with Crippen LogP contribution in [0, 0.1) is 19.8 Å². The lowest BCUT2D eigenvalue weighted by molar-refractivity contribution is -0.149. The number of aromatic nitrogens is 2. The maximum Gasteiger partial charge on any atom is 0.407 e. The lowest BCUT2D eigenvalue weighted by Crippen LogP contribution is -2.34. The summed E-state index contributed by atoms with van der Waals surface area (Å²) in [5.74, 6) is -1.17. The average Bonchev–Trinajstić information content (AvgIpc) is 3.02. The van der Waals surface area contributed by atoms with Crippen molar-refractivity contribution < 1.29 is 37.0 Å². The Morgan fingerprint density at radius 1 is 1.09 bits per heavy atom. The number of fused-ring (bicyclic) bond motifs is 1. The second kappa shape index (κ2) is 14.6. The number of nitrogens with zero attached hydrogens (tertiary/aromatic N) is 2. The van der Waals surface area contributed by atoms with Crippen molar-refractivity contribution in [2.24, 2.45) is 5.92 Å². The van der Waals surface area contributed by atoms with Crippen molar-refractivity contribution in [1.82, 2.24) is 24.9 Å². The van der Waals surface area contributed by atoms with Gasteiger partial charge in [-0.1, -0.05) is 12.1 Å². The van der Waals surface area contributed by atoms with Crippen molar-refractivity contribution in [2.75, 3.05) is 39.9 Å². The van der Waals surface area contributed by atoms with Gasteiger partial charge in [-0.2, -0.15) is 0 Å². The van der Waals surface area contributed by atoms with E-state index in [9.17, 15) is 27.6 Å². The first-order valence-electron chi connectivity index (χ1n) is 14.5. The largest absolute Gasteiger partial charge is 0.464 e. The Kier molecular flexibility index (Phi) is 10.9. The molecule has 2 aromatic carbocycles. The lowest BCUT2D eigenvalue weighted by Gasteiger charge is -2.21. The van der Waals surface area contributed by atoms with Gasteiger partial charge in [0.2, 0.25) is 10.0 Å². The number of hydrogen-bond acceptors (Lipinski definition) is 11. The van der Waals surface area contributed by atoms with Crippen LogP contribution in [0.25, 0.3) is 16.6 Å². The molecule has 1 aromatic heterocycles. The summed E-state index contributed by atoms with van der Waals surface area (Å²) in [5.41, 5.74) is 0.545. The summed E-state index contributed by atoms with van der Waals surface area (Å²) in [6.45, 7) is 5.99. The van der Waals surface area contributed by atoms with Crippen LogP contribution in [0.4, 0.5) is 4.79 Å². The van der Waals surface area contributed by atoms with Crippen LogP contribution < -0.4 is 20.9 Å². The minimum Gasteiger partial charge on any atom is -0.464 e. The highest BCUT2D eigenvalue weighted by atomic mass is 32.2. The first-order chi connectivity index (χ1) is 21.5. The highest BCUT2D eigenvalue weighted by Gasteiger charge is 2.26. The van der Waals surface area contributed by atoms with Crippen LogP contribution >= 0.6 is 0 Å². The maximum atomic E-state index is 14.2. The molecule has 14 nitrogen and oxygen atoms in total. The number of para-hydroxylation sites is 1. The van der Waals surface area contributed by atoms with Gasteiger partial charge in [0.25, 0.3) is 5.56 Å². The molecule has 3 N–H and O–H groups in total. The number of ether oxygens (including phenoxy) is 3. The molecule has 242 valence electrons. The Balaban J connectivity index is 1.67. The van der Waals surface area contributed by atoms with Crippen LogP contribution in [0.15, 0.2) is 40.0 Å². The van der Waals surface area contributed by atoms with Gasteiger partial charge in [0.15, 0.2) is 12.4 Å². The maximum absolute atomic E-state index is 14.2. The molecule has 3 aromatic rings. The van der Waals surface area contributed by atoms with Gasteiger partial charge in [0, 0.05) is 0 Å². The van der Waals surface area contributed by atoms with Gasteiger partial charge in [-0.3, -0.25) is 14.2 Å². The zero-order valence-corrected chi connectivity index (χ0v) is 26.4. The van der Waals surface area contributed by atoms with E-state index in [1.807, 2.05) is 0 Å². The number of amides is 1. The third kappa shape index (κ3) is 7.49. The minimum absolute atomic E-state index is 0.00816. The predicted octanol–water partition coefficient (Wildman–Crippen LogP) is 1.86. The monoisotopic (exact) mass is 643 g/mol. The molecule has 1 fully saturated rings. The number of carbonyl (C=O) groups excluding carboxylic acids is 3. The molecule has 0 aliphatic carbocycles. The first-order valence-corrected chi connectivity index (χ1v) is 16.0. The van der Waals surface area contributed by atoms with E-state index in [0.717, 1.165) is 17.7 Å². The summed E-state index contributed by atoms with van der Waals surface area (Å²) >= 11 is 0. The van der Waals surface area contributed by atoms with Crippen LogP contribution in [0.3, 0.4) is 0 Å². The van der Waals surface area contributed by atoms with Gasteiger partial charge < -0.3 is 24.8 Å². The molecule has 0 atom stereocenters. The molecule has 15 heteroatoms. The van der Waals surface area contributed by atoms with Gasteiger partial charge in [0.05, 0.1) is 41.2 Å². The number of nitrogens with one attached hydrogen (secondary N) is 3. The molecule has 1 amide bonds. The van der Waals surface area contributed by atoms with Crippen LogP contribution in [0.2, 0.25) is 0 Å². The van der Waals surface area contributed by atoms with E-state index in [4.69, 9.17) is 14.2 Å². The van der Waals surface area contributed by atoms with E-state index in [-0.39, 0.29) is 64.5 Å².